The molecule has 0 aliphatic heterocycles. The highest BCUT2D eigenvalue weighted by molar-refractivity contribution is 7.89. The predicted octanol–water partition coefficient (Wildman–Crippen LogP) is 2.93. The van der Waals surface area contributed by atoms with E-state index < -0.39 is 9.84 Å². The molecular formula is C11H10Cl2N2O2S. The Morgan fingerprint density at radius 3 is 2.56 bits per heavy atom. The summed E-state index contributed by atoms with van der Waals surface area (Å²) in [6, 6.07) is 6.81. The second kappa shape index (κ2) is 4.91. The zero-order chi connectivity index (χ0) is 13.3. The maximum Gasteiger partial charge on any atom is 0.153 e. The van der Waals surface area contributed by atoms with Crippen LogP contribution in [-0.4, -0.2) is 24.9 Å². The first kappa shape index (κ1) is 13.4. The molecule has 96 valence electrons. The van der Waals surface area contributed by atoms with Gasteiger partial charge in [0.15, 0.2) is 9.84 Å². The van der Waals surface area contributed by atoms with Gasteiger partial charge in [-0.1, -0.05) is 29.3 Å². The van der Waals surface area contributed by atoms with E-state index >= 15 is 0 Å². The van der Waals surface area contributed by atoms with Crippen LogP contribution in [0, 0.1) is 0 Å². The van der Waals surface area contributed by atoms with Crippen LogP contribution in [0.5, 0.6) is 0 Å². The van der Waals surface area contributed by atoms with Gasteiger partial charge < -0.3 is 0 Å². The van der Waals surface area contributed by atoms with E-state index in [0.29, 0.717) is 21.4 Å². The van der Waals surface area contributed by atoms with Crippen molar-refractivity contribution in [3.8, 4) is 11.3 Å². The third-order valence-electron chi connectivity index (χ3n) is 2.26. The third-order valence-corrected chi connectivity index (χ3v) is 3.84. The number of benzene rings is 1. The van der Waals surface area contributed by atoms with Crippen LogP contribution in [0.1, 0.15) is 5.69 Å². The van der Waals surface area contributed by atoms with E-state index in [9.17, 15) is 8.42 Å². The van der Waals surface area contributed by atoms with Gasteiger partial charge in [-0.25, -0.2) is 8.42 Å². The van der Waals surface area contributed by atoms with Crippen molar-refractivity contribution >= 4 is 33.0 Å². The van der Waals surface area contributed by atoms with Gasteiger partial charge in [-0.15, -0.1) is 0 Å². The molecule has 1 heterocycles. The summed E-state index contributed by atoms with van der Waals surface area (Å²) in [7, 11) is -3.08. The smallest absolute Gasteiger partial charge is 0.153 e. The van der Waals surface area contributed by atoms with Crippen LogP contribution in [0.25, 0.3) is 11.3 Å². The van der Waals surface area contributed by atoms with Gasteiger partial charge in [-0.2, -0.15) is 5.10 Å². The summed E-state index contributed by atoms with van der Waals surface area (Å²) in [5.41, 5.74) is 1.95. The molecule has 0 aliphatic carbocycles. The van der Waals surface area contributed by atoms with Crippen LogP contribution in [0.3, 0.4) is 0 Å². The lowest BCUT2D eigenvalue weighted by atomic mass is 10.1. The number of aromatic nitrogens is 2. The third kappa shape index (κ3) is 3.25. The van der Waals surface area contributed by atoms with Crippen LogP contribution in [0.15, 0.2) is 24.3 Å². The lowest BCUT2D eigenvalue weighted by Gasteiger charge is -1.98. The van der Waals surface area contributed by atoms with Gasteiger partial charge in [0.1, 0.15) is 0 Å². The molecule has 0 bridgehead atoms. The Bertz CT molecular complexity index is 680. The molecule has 2 rings (SSSR count). The van der Waals surface area contributed by atoms with E-state index in [1.165, 1.54) is 6.26 Å². The Labute approximate surface area is 115 Å². The zero-order valence-electron chi connectivity index (χ0n) is 9.44. The standard InChI is InChI=1S/C11H10Cl2N2O2S/c1-18(16,17)6-8-5-11(15-14-8)7-2-3-9(12)10(13)4-7/h2-5H,6H2,1H3,(H,14,15). The number of nitrogens with one attached hydrogen (secondary N) is 1. The van der Waals surface area contributed by atoms with E-state index in [2.05, 4.69) is 10.2 Å². The summed E-state index contributed by atoms with van der Waals surface area (Å²) in [5.74, 6) is -0.0681. The van der Waals surface area contributed by atoms with Crippen LogP contribution in [-0.2, 0) is 15.6 Å². The van der Waals surface area contributed by atoms with Crippen LogP contribution < -0.4 is 0 Å². The lowest BCUT2D eigenvalue weighted by molar-refractivity contribution is 0.600. The highest BCUT2D eigenvalue weighted by Crippen LogP contribution is 2.27. The maximum absolute atomic E-state index is 11.2. The molecule has 0 amide bonds. The number of aromatic amines is 1. The molecule has 0 radical (unpaired) electrons. The van der Waals surface area contributed by atoms with E-state index in [4.69, 9.17) is 23.2 Å². The van der Waals surface area contributed by atoms with Crippen LogP contribution >= 0.6 is 23.2 Å². The van der Waals surface area contributed by atoms with Crippen LogP contribution in [0.4, 0.5) is 0 Å². The summed E-state index contributed by atoms with van der Waals surface area (Å²) < 4.78 is 22.3. The molecule has 0 aliphatic rings. The molecule has 0 saturated carbocycles. The molecule has 0 spiro atoms. The Kier molecular flexibility index (Phi) is 3.66. The van der Waals surface area contributed by atoms with Crippen molar-refractivity contribution in [3.63, 3.8) is 0 Å². The van der Waals surface area contributed by atoms with Crippen molar-refractivity contribution in [2.75, 3.05) is 6.26 Å². The molecule has 2 aromatic rings. The molecule has 4 nitrogen and oxygen atoms in total. The summed E-state index contributed by atoms with van der Waals surface area (Å²) >= 11 is 11.7. The molecule has 0 fully saturated rings. The van der Waals surface area contributed by atoms with Gasteiger partial charge in [-0.3, -0.25) is 5.10 Å². The molecule has 18 heavy (non-hydrogen) atoms. The van der Waals surface area contributed by atoms with Gasteiger partial charge >= 0.3 is 0 Å². The fourth-order valence-corrected chi connectivity index (χ4v) is 2.53. The summed E-state index contributed by atoms with van der Waals surface area (Å²) in [6.45, 7) is 0. The Morgan fingerprint density at radius 2 is 1.94 bits per heavy atom. The topological polar surface area (TPSA) is 62.8 Å². The number of hydrogen-bond donors (Lipinski definition) is 1. The SMILES string of the molecule is CS(=O)(=O)Cc1cc(-c2ccc(Cl)c(Cl)c2)n[nH]1. The first-order valence-electron chi connectivity index (χ1n) is 5.02. The van der Waals surface area contributed by atoms with Gasteiger partial charge in [-0.05, 0) is 18.2 Å². The van der Waals surface area contributed by atoms with Gasteiger partial charge in [0.2, 0.25) is 0 Å². The number of hydrogen-bond acceptors (Lipinski definition) is 3. The number of halogens is 2. The van der Waals surface area contributed by atoms with Crippen molar-refractivity contribution in [1.29, 1.82) is 0 Å². The van der Waals surface area contributed by atoms with Gasteiger partial charge in [0.05, 0.1) is 27.2 Å². The normalized spacial score (nSPS) is 11.7. The molecule has 1 aromatic carbocycles. The summed E-state index contributed by atoms with van der Waals surface area (Å²) in [6.07, 6.45) is 1.17. The number of H-pyrrole nitrogens is 1. The Morgan fingerprint density at radius 1 is 1.22 bits per heavy atom. The second-order valence-electron chi connectivity index (χ2n) is 3.98. The number of rotatable bonds is 3. The number of nitrogens with zero attached hydrogens (tertiary/aromatic N) is 1. The van der Waals surface area contributed by atoms with E-state index in [0.717, 1.165) is 5.56 Å². The van der Waals surface area contributed by atoms with Gasteiger partial charge in [0, 0.05) is 11.8 Å². The summed E-state index contributed by atoms with van der Waals surface area (Å²) in [4.78, 5) is 0. The van der Waals surface area contributed by atoms with E-state index in [1.54, 1.807) is 24.3 Å². The van der Waals surface area contributed by atoms with E-state index in [1.807, 2.05) is 0 Å². The molecule has 7 heteroatoms. The minimum absolute atomic E-state index is 0.0681. The molecule has 0 unspecified atom stereocenters. The minimum atomic E-state index is -3.08. The van der Waals surface area contributed by atoms with Crippen molar-refractivity contribution in [1.82, 2.24) is 10.2 Å². The van der Waals surface area contributed by atoms with Crippen molar-refractivity contribution < 1.29 is 8.42 Å². The average Bonchev–Trinajstić information content (AvgIpc) is 2.68. The largest absolute Gasteiger partial charge is 0.281 e. The van der Waals surface area contributed by atoms with Gasteiger partial charge in [0.25, 0.3) is 0 Å². The zero-order valence-corrected chi connectivity index (χ0v) is 11.8. The highest BCUT2D eigenvalue weighted by atomic mass is 35.5. The molecular weight excluding hydrogens is 295 g/mol. The summed E-state index contributed by atoms with van der Waals surface area (Å²) in [5, 5.41) is 7.64. The first-order valence-corrected chi connectivity index (χ1v) is 7.84. The quantitative estimate of drug-likeness (QED) is 0.948. The first-order chi connectivity index (χ1) is 8.35. The van der Waals surface area contributed by atoms with Crippen molar-refractivity contribution in [2.45, 2.75) is 5.75 Å². The molecule has 1 N–H and O–H groups in total. The maximum atomic E-state index is 11.2. The molecule has 0 atom stereocenters. The minimum Gasteiger partial charge on any atom is -0.281 e. The monoisotopic (exact) mass is 304 g/mol. The Balaban J connectivity index is 2.32. The molecule has 0 saturated heterocycles. The van der Waals surface area contributed by atoms with Crippen molar-refractivity contribution in [2.24, 2.45) is 0 Å². The number of sulfone groups is 1. The van der Waals surface area contributed by atoms with Crippen LogP contribution in [0.2, 0.25) is 10.0 Å². The fourth-order valence-electron chi connectivity index (χ4n) is 1.52. The second-order valence-corrected chi connectivity index (χ2v) is 6.93. The Hall–Kier alpha value is -1.04. The lowest BCUT2D eigenvalue weighted by Crippen LogP contribution is -2.00. The molecule has 1 aromatic heterocycles. The predicted molar refractivity (Wildman–Crippen MR) is 72.6 cm³/mol. The highest BCUT2D eigenvalue weighted by Gasteiger charge is 2.10. The average molecular weight is 305 g/mol. The van der Waals surface area contributed by atoms with E-state index in [-0.39, 0.29) is 5.75 Å². The fraction of sp³-hybridized carbons (Fsp3) is 0.182. The van der Waals surface area contributed by atoms with Crippen molar-refractivity contribution in [3.05, 3.63) is 40.0 Å².